The van der Waals surface area contributed by atoms with Crippen LogP contribution >= 0.6 is 0 Å². The summed E-state index contributed by atoms with van der Waals surface area (Å²) in [6.07, 6.45) is -5.19. The van der Waals surface area contributed by atoms with Crippen LogP contribution in [-0.2, 0) is 24.4 Å². The number of benzene rings is 3. The van der Waals surface area contributed by atoms with Gasteiger partial charge in [0.15, 0.2) is 0 Å². The summed E-state index contributed by atoms with van der Waals surface area (Å²) in [7, 11) is 4.55. The Kier molecular flexibility index (Phi) is 12.4. The number of carboxylic acids is 1. The Balaban J connectivity index is 0.000000671. The predicted molar refractivity (Wildman–Crippen MR) is 175 cm³/mol. The number of halogens is 4. The van der Waals surface area contributed by atoms with Crippen LogP contribution in [0.25, 0.3) is 11.1 Å². The van der Waals surface area contributed by atoms with Gasteiger partial charge in [0.1, 0.15) is 11.8 Å². The monoisotopic (exact) mass is 671 g/mol. The zero-order valence-electron chi connectivity index (χ0n) is 27.9. The SMILES string of the molecule is CC1[C@H](C)NCCN1Cc1cccc(-c2cc(CNC(=O)c3cccc(CN4CC[N+](C)(C)CC4)c3)ccc2F)c1.O=C([O-])C(F)(F)F. The van der Waals surface area contributed by atoms with Gasteiger partial charge in [0.25, 0.3) is 5.91 Å². The lowest BCUT2D eigenvalue weighted by molar-refractivity contribution is -0.894. The number of amides is 1. The van der Waals surface area contributed by atoms with Crippen LogP contribution in [0.3, 0.4) is 0 Å². The molecule has 2 fully saturated rings. The molecule has 2 aliphatic rings. The zero-order chi connectivity index (χ0) is 35.1. The molecule has 48 heavy (non-hydrogen) atoms. The summed E-state index contributed by atoms with van der Waals surface area (Å²) in [5.41, 5.74) is 5.27. The molecule has 1 unspecified atom stereocenters. The molecule has 3 aromatic carbocycles. The Morgan fingerprint density at radius 3 is 2.23 bits per heavy atom. The van der Waals surface area contributed by atoms with Gasteiger partial charge in [0.05, 0.1) is 27.2 Å². The van der Waals surface area contributed by atoms with Crippen LogP contribution in [0.15, 0.2) is 66.7 Å². The van der Waals surface area contributed by atoms with E-state index in [1.165, 1.54) is 11.6 Å². The van der Waals surface area contributed by atoms with Gasteiger partial charge in [-0.1, -0.05) is 36.4 Å². The minimum atomic E-state index is -5.19. The summed E-state index contributed by atoms with van der Waals surface area (Å²) in [6.45, 7) is 12.9. The highest BCUT2D eigenvalue weighted by molar-refractivity contribution is 5.94. The molecule has 2 aliphatic heterocycles. The van der Waals surface area contributed by atoms with Crippen molar-refractivity contribution in [3.8, 4) is 11.1 Å². The fourth-order valence-electron chi connectivity index (χ4n) is 5.88. The molecule has 8 nitrogen and oxygen atoms in total. The molecule has 2 heterocycles. The quantitative estimate of drug-likeness (QED) is 0.280. The lowest BCUT2D eigenvalue weighted by Gasteiger charge is -2.39. The van der Waals surface area contributed by atoms with Gasteiger partial charge in [0.2, 0.25) is 0 Å². The molecular weight excluding hydrogens is 626 g/mol. The standard InChI is InChI=1S/C34H44FN5O.C2HF3O2/c1-25-26(2)39(14-13-36-25)24-29-8-5-9-30(19-29)32-21-27(11-12-33(32)35)22-37-34(41)31-10-6-7-28(20-31)23-38-15-17-40(3,4)18-16-38;3-2(4,5)1(6)7/h5-12,19-21,25-26,36H,13-18,22-24H2,1-4H3;(H,6,7)/t25-,26?;/m0./s1. The summed E-state index contributed by atoms with van der Waals surface area (Å²) >= 11 is 0. The van der Waals surface area contributed by atoms with Crippen LogP contribution in [0, 0.1) is 5.82 Å². The maximum absolute atomic E-state index is 15.0. The second-order valence-corrected chi connectivity index (χ2v) is 13.3. The van der Waals surface area contributed by atoms with Crippen molar-refractivity contribution in [2.24, 2.45) is 0 Å². The largest absolute Gasteiger partial charge is 0.542 e. The molecule has 2 N–H and O–H groups in total. The van der Waals surface area contributed by atoms with Crippen molar-refractivity contribution in [3.05, 3.63) is 94.8 Å². The number of nitrogens with one attached hydrogen (secondary N) is 2. The van der Waals surface area contributed by atoms with Gasteiger partial charge in [0, 0.05) is 69.0 Å². The van der Waals surface area contributed by atoms with Crippen molar-refractivity contribution in [1.29, 1.82) is 0 Å². The highest BCUT2D eigenvalue weighted by Crippen LogP contribution is 2.26. The molecular formula is C36H45F4N5O3. The average molecular weight is 672 g/mol. The van der Waals surface area contributed by atoms with Gasteiger partial charge in [-0.2, -0.15) is 13.2 Å². The van der Waals surface area contributed by atoms with E-state index < -0.39 is 12.1 Å². The lowest BCUT2D eigenvalue weighted by Crippen LogP contribution is -2.54. The number of hydrogen-bond acceptors (Lipinski definition) is 6. The molecule has 3 aromatic rings. The number of piperazine rings is 2. The van der Waals surface area contributed by atoms with Gasteiger partial charge < -0.3 is 25.0 Å². The summed E-state index contributed by atoms with van der Waals surface area (Å²) in [4.78, 5) is 26.8. The fraction of sp³-hybridized carbons (Fsp3) is 0.444. The normalized spacial score (nSPS) is 20.0. The molecule has 0 radical (unpaired) electrons. The number of likely N-dealkylation sites (N-methyl/N-ethyl adjacent to an activating group) is 1. The molecule has 260 valence electrons. The molecule has 0 aromatic heterocycles. The minimum Gasteiger partial charge on any atom is -0.542 e. The zero-order valence-corrected chi connectivity index (χ0v) is 27.9. The van der Waals surface area contributed by atoms with E-state index in [1.807, 2.05) is 36.4 Å². The summed E-state index contributed by atoms with van der Waals surface area (Å²) in [5, 5.41) is 15.4. The predicted octanol–water partition coefficient (Wildman–Crippen LogP) is 3.80. The van der Waals surface area contributed by atoms with Crippen molar-refractivity contribution in [2.45, 2.75) is 51.7 Å². The average Bonchev–Trinajstić information content (AvgIpc) is 3.04. The number of quaternary nitrogens is 1. The van der Waals surface area contributed by atoms with Crippen LogP contribution < -0.4 is 15.7 Å². The van der Waals surface area contributed by atoms with Crippen LogP contribution in [0.2, 0.25) is 0 Å². The second-order valence-electron chi connectivity index (χ2n) is 13.3. The number of rotatable bonds is 8. The molecule has 12 heteroatoms. The van der Waals surface area contributed by atoms with E-state index in [4.69, 9.17) is 9.90 Å². The summed E-state index contributed by atoms with van der Waals surface area (Å²) < 4.78 is 47.6. The topological polar surface area (TPSA) is 87.7 Å². The van der Waals surface area contributed by atoms with Gasteiger partial charge >= 0.3 is 6.18 Å². The number of carboxylic acid groups (broad SMARTS) is 1. The van der Waals surface area contributed by atoms with Gasteiger partial charge in [-0.25, -0.2) is 4.39 Å². The Morgan fingerprint density at radius 2 is 1.56 bits per heavy atom. The van der Waals surface area contributed by atoms with E-state index in [1.54, 1.807) is 6.07 Å². The van der Waals surface area contributed by atoms with Gasteiger partial charge in [-0.05, 0) is 66.4 Å². The Labute approximate surface area is 279 Å². The minimum absolute atomic E-state index is 0.115. The third kappa shape index (κ3) is 10.6. The highest BCUT2D eigenvalue weighted by atomic mass is 19.4. The van der Waals surface area contributed by atoms with Gasteiger partial charge in [-0.3, -0.25) is 14.6 Å². The number of carbonyl (C=O) groups excluding carboxylic acids is 2. The summed E-state index contributed by atoms with van der Waals surface area (Å²) in [6, 6.07) is 22.1. The third-order valence-corrected chi connectivity index (χ3v) is 9.14. The maximum atomic E-state index is 15.0. The van der Waals surface area contributed by atoms with Gasteiger partial charge in [-0.15, -0.1) is 0 Å². The molecule has 0 saturated carbocycles. The van der Waals surface area contributed by atoms with E-state index in [2.05, 4.69) is 66.6 Å². The Hall–Kier alpha value is -3.84. The first-order chi connectivity index (χ1) is 22.6. The molecule has 0 aliphatic carbocycles. The van der Waals surface area contributed by atoms with E-state index in [0.717, 1.165) is 73.5 Å². The van der Waals surface area contributed by atoms with Crippen molar-refractivity contribution in [3.63, 3.8) is 0 Å². The number of hydrogen-bond donors (Lipinski definition) is 2. The molecule has 0 bridgehead atoms. The molecule has 5 rings (SSSR count). The second kappa shape index (κ2) is 16.0. The molecule has 0 spiro atoms. The first-order valence-electron chi connectivity index (χ1n) is 16.2. The highest BCUT2D eigenvalue weighted by Gasteiger charge is 2.29. The van der Waals surface area contributed by atoms with E-state index in [0.29, 0.717) is 29.8 Å². The van der Waals surface area contributed by atoms with E-state index in [9.17, 15) is 22.4 Å². The molecule has 2 atom stereocenters. The van der Waals surface area contributed by atoms with Crippen molar-refractivity contribution in [2.75, 3.05) is 53.4 Å². The van der Waals surface area contributed by atoms with Crippen molar-refractivity contribution >= 4 is 11.9 Å². The smallest absolute Gasteiger partial charge is 0.430 e. The van der Waals surface area contributed by atoms with Crippen LogP contribution in [0.1, 0.15) is 40.9 Å². The Bertz CT molecular complexity index is 1550. The Morgan fingerprint density at radius 1 is 0.917 bits per heavy atom. The molecule has 1 amide bonds. The maximum Gasteiger partial charge on any atom is 0.430 e. The fourth-order valence-corrected chi connectivity index (χ4v) is 5.88. The van der Waals surface area contributed by atoms with Crippen molar-refractivity contribution in [1.82, 2.24) is 20.4 Å². The third-order valence-electron chi connectivity index (χ3n) is 9.14. The van der Waals surface area contributed by atoms with Crippen LogP contribution in [0.5, 0.6) is 0 Å². The van der Waals surface area contributed by atoms with Crippen LogP contribution in [0.4, 0.5) is 17.6 Å². The first-order valence-corrected chi connectivity index (χ1v) is 16.2. The van der Waals surface area contributed by atoms with Crippen LogP contribution in [-0.4, -0.2) is 97.8 Å². The first kappa shape index (κ1) is 37.0. The molecule has 2 saturated heterocycles. The number of aliphatic carboxylic acids is 1. The number of nitrogens with zero attached hydrogens (tertiary/aromatic N) is 3. The van der Waals surface area contributed by atoms with E-state index in [-0.39, 0.29) is 11.7 Å². The number of alkyl halides is 3. The summed E-state index contributed by atoms with van der Waals surface area (Å²) in [5.74, 6) is -3.38. The number of carbonyl (C=O) groups is 2. The van der Waals surface area contributed by atoms with Crippen molar-refractivity contribution < 1.29 is 36.7 Å². The lowest BCUT2D eigenvalue weighted by atomic mass is 9.99. The van der Waals surface area contributed by atoms with E-state index >= 15 is 0 Å².